The number of piperidine rings is 1. The first-order chi connectivity index (χ1) is 11.1. The Balaban J connectivity index is 1.62. The molecule has 2 amide bonds. The van der Waals surface area contributed by atoms with Gasteiger partial charge in [0.2, 0.25) is 5.91 Å². The van der Waals surface area contributed by atoms with Gasteiger partial charge in [-0.3, -0.25) is 9.59 Å². The molecule has 1 aliphatic heterocycles. The molecule has 1 atom stereocenters. The minimum atomic E-state index is -0.182. The highest BCUT2D eigenvalue weighted by atomic mass is 127. The molecule has 0 radical (unpaired) electrons. The third-order valence-corrected chi connectivity index (χ3v) is 4.68. The Kier molecular flexibility index (Phi) is 5.00. The van der Waals surface area contributed by atoms with Crippen molar-refractivity contribution in [1.29, 1.82) is 0 Å². The maximum absolute atomic E-state index is 12.4. The van der Waals surface area contributed by atoms with Crippen molar-refractivity contribution in [3.05, 3.63) is 52.0 Å². The Bertz CT molecular complexity index is 682. The normalized spacial score (nSPS) is 17.8. The summed E-state index contributed by atoms with van der Waals surface area (Å²) in [5, 5.41) is 2.93. The number of carbonyl (C=O) groups excluding carboxylic acids is 2. The number of nitrogens with zero attached hydrogens (tertiary/aromatic N) is 1. The molecule has 1 fully saturated rings. The van der Waals surface area contributed by atoms with Gasteiger partial charge >= 0.3 is 0 Å². The molecule has 6 heteroatoms. The SMILES string of the molecule is O=C(Nc1ccc(I)cc1)[C@H]1CCCN(C(=O)c2ccoc2)C1. The van der Waals surface area contributed by atoms with Crippen molar-refractivity contribution in [2.24, 2.45) is 5.92 Å². The summed E-state index contributed by atoms with van der Waals surface area (Å²) >= 11 is 2.22. The van der Waals surface area contributed by atoms with E-state index >= 15 is 0 Å². The first-order valence-corrected chi connectivity index (χ1v) is 8.59. The molecule has 3 rings (SSSR count). The highest BCUT2D eigenvalue weighted by molar-refractivity contribution is 14.1. The fourth-order valence-corrected chi connectivity index (χ4v) is 3.08. The largest absolute Gasteiger partial charge is 0.472 e. The number of rotatable bonds is 3. The van der Waals surface area contributed by atoms with Crippen LogP contribution in [0, 0.1) is 9.49 Å². The van der Waals surface area contributed by atoms with Crippen molar-refractivity contribution in [3.63, 3.8) is 0 Å². The van der Waals surface area contributed by atoms with Crippen LogP contribution in [0.4, 0.5) is 5.69 Å². The van der Waals surface area contributed by atoms with E-state index < -0.39 is 0 Å². The lowest BCUT2D eigenvalue weighted by Crippen LogP contribution is -2.43. The van der Waals surface area contributed by atoms with Gasteiger partial charge in [0, 0.05) is 22.3 Å². The third kappa shape index (κ3) is 3.93. The quantitative estimate of drug-likeness (QED) is 0.769. The lowest BCUT2D eigenvalue weighted by atomic mass is 9.96. The van der Waals surface area contributed by atoms with Crippen molar-refractivity contribution in [2.45, 2.75) is 12.8 Å². The second-order valence-electron chi connectivity index (χ2n) is 5.60. The molecule has 0 unspecified atom stereocenters. The number of hydrogen-bond acceptors (Lipinski definition) is 3. The number of nitrogens with one attached hydrogen (secondary N) is 1. The van der Waals surface area contributed by atoms with E-state index in [1.54, 1.807) is 11.0 Å². The van der Waals surface area contributed by atoms with Crippen LogP contribution >= 0.6 is 22.6 Å². The highest BCUT2D eigenvalue weighted by Crippen LogP contribution is 2.21. The summed E-state index contributed by atoms with van der Waals surface area (Å²) in [5.41, 5.74) is 1.32. The van der Waals surface area contributed by atoms with E-state index in [0.717, 1.165) is 22.1 Å². The van der Waals surface area contributed by atoms with Gasteiger partial charge in [-0.25, -0.2) is 0 Å². The summed E-state index contributed by atoms with van der Waals surface area (Å²) in [6.45, 7) is 1.12. The van der Waals surface area contributed by atoms with E-state index in [1.807, 2.05) is 24.3 Å². The van der Waals surface area contributed by atoms with Crippen LogP contribution in [0.15, 0.2) is 47.3 Å². The second kappa shape index (κ2) is 7.16. The summed E-state index contributed by atoms with van der Waals surface area (Å²) in [5.74, 6) is -0.291. The minimum Gasteiger partial charge on any atom is -0.472 e. The first kappa shape index (κ1) is 16.0. The molecule has 0 aliphatic carbocycles. The summed E-state index contributed by atoms with van der Waals surface area (Å²) < 4.78 is 6.08. The molecule has 1 aromatic heterocycles. The number of halogens is 1. The maximum atomic E-state index is 12.4. The molecule has 0 saturated carbocycles. The second-order valence-corrected chi connectivity index (χ2v) is 6.84. The average Bonchev–Trinajstić information content (AvgIpc) is 3.11. The molecule has 0 spiro atoms. The van der Waals surface area contributed by atoms with Gasteiger partial charge in [0.05, 0.1) is 17.7 Å². The van der Waals surface area contributed by atoms with Gasteiger partial charge in [0.15, 0.2) is 0 Å². The molecule has 1 saturated heterocycles. The van der Waals surface area contributed by atoms with Crippen LogP contribution in [0.3, 0.4) is 0 Å². The van der Waals surface area contributed by atoms with Gasteiger partial charge in [-0.1, -0.05) is 0 Å². The molecule has 2 heterocycles. The average molecular weight is 424 g/mol. The van der Waals surface area contributed by atoms with E-state index in [-0.39, 0.29) is 17.7 Å². The van der Waals surface area contributed by atoms with Gasteiger partial charge < -0.3 is 14.6 Å². The molecule has 2 aromatic rings. The monoisotopic (exact) mass is 424 g/mol. The van der Waals surface area contributed by atoms with E-state index in [9.17, 15) is 9.59 Å². The number of furan rings is 1. The van der Waals surface area contributed by atoms with Crippen molar-refractivity contribution in [2.75, 3.05) is 18.4 Å². The van der Waals surface area contributed by atoms with Crippen LogP contribution in [-0.4, -0.2) is 29.8 Å². The summed E-state index contributed by atoms with van der Waals surface area (Å²) in [4.78, 5) is 26.5. The van der Waals surface area contributed by atoms with Crippen LogP contribution in [0.1, 0.15) is 23.2 Å². The topological polar surface area (TPSA) is 62.6 Å². The molecule has 1 N–H and O–H groups in total. The maximum Gasteiger partial charge on any atom is 0.257 e. The van der Waals surface area contributed by atoms with Gasteiger partial charge in [0.25, 0.3) is 5.91 Å². The van der Waals surface area contributed by atoms with E-state index in [4.69, 9.17) is 4.42 Å². The van der Waals surface area contributed by atoms with Gasteiger partial charge in [-0.15, -0.1) is 0 Å². The van der Waals surface area contributed by atoms with E-state index in [1.165, 1.54) is 12.5 Å². The number of benzene rings is 1. The predicted molar refractivity (Wildman–Crippen MR) is 95.1 cm³/mol. The molecule has 23 heavy (non-hydrogen) atoms. The van der Waals surface area contributed by atoms with Crippen LogP contribution in [0.25, 0.3) is 0 Å². The molecule has 1 aromatic carbocycles. The Hall–Kier alpha value is -1.83. The van der Waals surface area contributed by atoms with Crippen molar-refractivity contribution < 1.29 is 14.0 Å². The minimum absolute atomic E-state index is 0.0316. The zero-order valence-corrected chi connectivity index (χ0v) is 14.7. The van der Waals surface area contributed by atoms with Gasteiger partial charge in [-0.05, 0) is 65.8 Å². The number of carbonyl (C=O) groups is 2. The standard InChI is InChI=1S/C17H17IN2O3/c18-14-3-5-15(6-4-14)19-16(21)12-2-1-8-20(10-12)17(22)13-7-9-23-11-13/h3-7,9,11-12H,1-2,8,10H2,(H,19,21)/t12-/m0/s1. The molecule has 120 valence electrons. The third-order valence-electron chi connectivity index (χ3n) is 3.96. The molecule has 1 aliphatic rings. The van der Waals surface area contributed by atoms with Crippen LogP contribution < -0.4 is 5.32 Å². The highest BCUT2D eigenvalue weighted by Gasteiger charge is 2.29. The summed E-state index contributed by atoms with van der Waals surface area (Å²) in [6, 6.07) is 9.32. The molecular formula is C17H17IN2O3. The van der Waals surface area contributed by atoms with Gasteiger partial charge in [-0.2, -0.15) is 0 Å². The first-order valence-electron chi connectivity index (χ1n) is 7.51. The predicted octanol–water partition coefficient (Wildman–Crippen LogP) is 3.38. The number of anilines is 1. The number of likely N-dealkylation sites (tertiary alicyclic amines) is 1. The van der Waals surface area contributed by atoms with Crippen LogP contribution in [0.2, 0.25) is 0 Å². The van der Waals surface area contributed by atoms with Crippen molar-refractivity contribution in [3.8, 4) is 0 Å². The van der Waals surface area contributed by atoms with Crippen LogP contribution in [-0.2, 0) is 4.79 Å². The molecule has 0 bridgehead atoms. The Morgan fingerprint density at radius 3 is 2.70 bits per heavy atom. The van der Waals surface area contributed by atoms with Crippen LogP contribution in [0.5, 0.6) is 0 Å². The number of amides is 2. The summed E-state index contributed by atoms with van der Waals surface area (Å²) in [6.07, 6.45) is 4.55. The molecule has 5 nitrogen and oxygen atoms in total. The van der Waals surface area contributed by atoms with E-state index in [2.05, 4.69) is 27.9 Å². The lowest BCUT2D eigenvalue weighted by molar-refractivity contribution is -0.121. The van der Waals surface area contributed by atoms with Crippen molar-refractivity contribution in [1.82, 2.24) is 4.90 Å². The Morgan fingerprint density at radius 2 is 2.00 bits per heavy atom. The van der Waals surface area contributed by atoms with E-state index in [0.29, 0.717) is 18.7 Å². The zero-order valence-electron chi connectivity index (χ0n) is 12.5. The summed E-state index contributed by atoms with van der Waals surface area (Å²) in [7, 11) is 0. The Morgan fingerprint density at radius 1 is 1.22 bits per heavy atom. The zero-order chi connectivity index (χ0) is 16.2. The smallest absolute Gasteiger partial charge is 0.257 e. The lowest BCUT2D eigenvalue weighted by Gasteiger charge is -2.31. The fraction of sp³-hybridized carbons (Fsp3) is 0.294. The number of hydrogen-bond donors (Lipinski definition) is 1. The Labute approximate surface area is 148 Å². The molecular weight excluding hydrogens is 407 g/mol. The van der Waals surface area contributed by atoms with Crippen molar-refractivity contribution >= 4 is 40.1 Å². The fourth-order valence-electron chi connectivity index (χ4n) is 2.72. The van der Waals surface area contributed by atoms with Gasteiger partial charge in [0.1, 0.15) is 6.26 Å².